The lowest BCUT2D eigenvalue weighted by molar-refractivity contribution is -0.120. The molecule has 0 saturated heterocycles. The van der Waals surface area contributed by atoms with Crippen molar-refractivity contribution in [3.8, 4) is 0 Å². The van der Waals surface area contributed by atoms with Crippen molar-refractivity contribution in [2.24, 2.45) is 0 Å². The fourth-order valence-electron chi connectivity index (χ4n) is 1.53. The largest absolute Gasteiger partial charge is 0.352 e. The molecule has 0 aliphatic rings. The average Bonchev–Trinajstić information content (AvgIpc) is 2.35. The fourth-order valence-corrected chi connectivity index (χ4v) is 1.69. The van der Waals surface area contributed by atoms with Crippen LogP contribution in [0.25, 0.3) is 0 Å². The van der Waals surface area contributed by atoms with E-state index in [9.17, 15) is 4.79 Å². The van der Waals surface area contributed by atoms with Gasteiger partial charge in [0.1, 0.15) is 0 Å². The Hall–Kier alpha value is -0.895. The molecule has 0 unspecified atom stereocenters. The summed E-state index contributed by atoms with van der Waals surface area (Å²) >= 11 is 4.19. The monoisotopic (exact) mass is 247 g/mol. The summed E-state index contributed by atoms with van der Waals surface area (Å²) in [6, 6.07) is 8.31. The zero-order chi connectivity index (χ0) is 12.5. The van der Waals surface area contributed by atoms with Crippen molar-refractivity contribution < 1.29 is 4.79 Å². The van der Waals surface area contributed by atoms with E-state index in [1.54, 1.807) is 0 Å². The zero-order valence-corrected chi connectivity index (χ0v) is 10.9. The Bertz CT molecular complexity index is 340. The Morgan fingerprint density at radius 2 is 1.88 bits per heavy atom. The van der Waals surface area contributed by atoms with Crippen LogP contribution in [-0.2, 0) is 17.8 Å². The highest BCUT2D eigenvalue weighted by Gasteiger charge is 1.99. The first-order valence-corrected chi connectivity index (χ1v) is 6.55. The molecule has 90 valence electrons. The molecule has 0 saturated carbocycles. The minimum Gasteiger partial charge on any atom is -0.352 e. The minimum absolute atomic E-state index is 0.00616. The Balaban J connectivity index is 2.37. The number of carbonyl (C=O) groups is 1. The molecule has 0 atom stereocenters. The van der Waals surface area contributed by atoms with Crippen LogP contribution in [0.1, 0.15) is 24.0 Å². The Morgan fingerprint density at radius 1 is 1.24 bits per heavy atom. The van der Waals surface area contributed by atoms with Crippen molar-refractivity contribution in [2.75, 3.05) is 5.75 Å². The first-order chi connectivity index (χ1) is 8.26. The van der Waals surface area contributed by atoms with Crippen LogP contribution in [0.4, 0.5) is 0 Å². The molecule has 0 spiro atoms. The van der Waals surface area contributed by atoms with E-state index in [2.05, 4.69) is 42.2 Å². The van der Waals surface area contributed by atoms with Gasteiger partial charge in [-0.3, -0.25) is 4.79 Å². The van der Waals surface area contributed by atoms with Crippen LogP contribution < -0.4 is 5.32 Å². The molecule has 0 aliphatic heterocycles. The van der Waals surface area contributed by atoms with Crippen molar-refractivity contribution in [2.45, 2.75) is 32.1 Å². The highest BCUT2D eigenvalue weighted by Crippen LogP contribution is 2.07. The van der Waals surface area contributed by atoms with Gasteiger partial charge in [0.15, 0.2) is 0 Å². The lowest BCUT2D eigenvalue weighted by Gasteiger charge is -2.06. The molecule has 0 bridgehead atoms. The maximum atomic E-state index is 11.2. The third-order valence-corrected chi connectivity index (χ3v) is 2.82. The van der Waals surface area contributed by atoms with Gasteiger partial charge in [-0.1, -0.05) is 30.6 Å². The van der Waals surface area contributed by atoms with Gasteiger partial charge in [0, 0.05) is 13.0 Å². The molecule has 2 nitrogen and oxygen atoms in total. The molecular formula is C13H18BNOS. The third-order valence-electron chi connectivity index (χ3n) is 2.51. The normalized spacial score (nSPS) is 10.2. The third kappa shape index (κ3) is 5.82. The summed E-state index contributed by atoms with van der Waals surface area (Å²) in [6.45, 7) is 0.575. The van der Waals surface area contributed by atoms with Crippen LogP contribution in [0.5, 0.6) is 0 Å². The molecule has 0 heterocycles. The summed E-state index contributed by atoms with van der Waals surface area (Å²) in [6.07, 6.45) is 2.94. The number of nitrogens with one attached hydrogen (secondary N) is 1. The van der Waals surface area contributed by atoms with Crippen molar-refractivity contribution in [1.29, 1.82) is 0 Å². The summed E-state index contributed by atoms with van der Waals surface area (Å²) in [7, 11) is 5.30. The molecular weight excluding hydrogens is 229 g/mol. The highest BCUT2D eigenvalue weighted by molar-refractivity contribution is 7.80. The second-order valence-electron chi connectivity index (χ2n) is 3.96. The van der Waals surface area contributed by atoms with Crippen molar-refractivity contribution in [3.63, 3.8) is 0 Å². The van der Waals surface area contributed by atoms with Gasteiger partial charge in [-0.25, -0.2) is 0 Å². The highest BCUT2D eigenvalue weighted by atomic mass is 32.1. The van der Waals surface area contributed by atoms with Crippen LogP contribution in [0.15, 0.2) is 24.3 Å². The Kier molecular flexibility index (Phi) is 6.86. The number of hydrogen-bond donors (Lipinski definition) is 2. The number of carbonyl (C=O) groups excluding carboxylic acids is 1. The van der Waals surface area contributed by atoms with Crippen LogP contribution in [-0.4, -0.2) is 19.5 Å². The molecule has 17 heavy (non-hydrogen) atoms. The number of aryl methyl sites for hydroxylation is 1. The van der Waals surface area contributed by atoms with Gasteiger partial charge in [0.25, 0.3) is 0 Å². The number of hydrogen-bond acceptors (Lipinski definition) is 2. The van der Waals surface area contributed by atoms with Gasteiger partial charge in [-0.2, -0.15) is 12.6 Å². The summed E-state index contributed by atoms with van der Waals surface area (Å²) in [5, 5.41) is 2.83. The average molecular weight is 247 g/mol. The number of amides is 1. The molecule has 1 aromatic carbocycles. The van der Waals surface area contributed by atoms with Crippen molar-refractivity contribution in [3.05, 3.63) is 35.4 Å². The van der Waals surface area contributed by atoms with E-state index < -0.39 is 0 Å². The SMILES string of the molecule is [B]CCC(=O)NCc1ccc(CCCS)cc1. The van der Waals surface area contributed by atoms with Crippen molar-refractivity contribution in [1.82, 2.24) is 5.32 Å². The second-order valence-corrected chi connectivity index (χ2v) is 4.41. The first kappa shape index (κ1) is 14.2. The van der Waals surface area contributed by atoms with E-state index in [0.29, 0.717) is 19.3 Å². The quantitative estimate of drug-likeness (QED) is 0.561. The minimum atomic E-state index is 0.00616. The van der Waals surface area contributed by atoms with Crippen LogP contribution in [0.2, 0.25) is 6.32 Å². The van der Waals surface area contributed by atoms with E-state index in [-0.39, 0.29) is 5.91 Å². The maximum Gasteiger partial charge on any atom is 0.219 e. The van der Waals surface area contributed by atoms with Crippen LogP contribution in [0.3, 0.4) is 0 Å². The van der Waals surface area contributed by atoms with E-state index in [1.807, 2.05) is 0 Å². The Morgan fingerprint density at radius 3 is 2.47 bits per heavy atom. The lowest BCUT2D eigenvalue weighted by atomic mass is 10.0. The second kappa shape index (κ2) is 8.23. The van der Waals surface area contributed by atoms with Gasteiger partial charge in [-0.05, 0) is 29.7 Å². The number of rotatable bonds is 7. The molecule has 1 N–H and O–H groups in total. The molecule has 1 rings (SSSR count). The molecule has 2 radical (unpaired) electrons. The number of thiol groups is 1. The summed E-state index contributed by atoms with van der Waals surface area (Å²) in [5.41, 5.74) is 2.43. The van der Waals surface area contributed by atoms with Crippen LogP contribution >= 0.6 is 12.6 Å². The van der Waals surface area contributed by atoms with E-state index >= 15 is 0 Å². The molecule has 1 aromatic rings. The smallest absolute Gasteiger partial charge is 0.219 e. The van der Waals surface area contributed by atoms with Gasteiger partial charge in [-0.15, -0.1) is 0 Å². The number of benzene rings is 1. The van der Waals surface area contributed by atoms with Gasteiger partial charge < -0.3 is 5.32 Å². The molecule has 4 heteroatoms. The predicted octanol–water partition coefficient (Wildman–Crippen LogP) is 2.14. The van der Waals surface area contributed by atoms with Gasteiger partial charge in [0.05, 0.1) is 7.85 Å². The Labute approximate surface area is 110 Å². The van der Waals surface area contributed by atoms with Crippen molar-refractivity contribution >= 4 is 26.4 Å². The first-order valence-electron chi connectivity index (χ1n) is 5.91. The maximum absolute atomic E-state index is 11.2. The van der Waals surface area contributed by atoms with E-state index in [1.165, 1.54) is 5.56 Å². The standard InChI is InChI=1S/C13H18BNOS/c14-8-7-13(16)15-10-12-5-3-11(4-6-12)2-1-9-17/h3-6,17H,1-2,7-10H2,(H,15,16). The van der Waals surface area contributed by atoms with E-state index in [0.717, 1.165) is 24.2 Å². The molecule has 0 aromatic heterocycles. The van der Waals surface area contributed by atoms with E-state index in [4.69, 9.17) is 7.85 Å². The van der Waals surface area contributed by atoms with Crippen LogP contribution in [0, 0.1) is 0 Å². The predicted molar refractivity (Wildman–Crippen MR) is 75.6 cm³/mol. The zero-order valence-electron chi connectivity index (χ0n) is 9.98. The molecule has 1 amide bonds. The lowest BCUT2D eigenvalue weighted by Crippen LogP contribution is -2.22. The van der Waals surface area contributed by atoms with Gasteiger partial charge in [0.2, 0.25) is 5.91 Å². The topological polar surface area (TPSA) is 29.1 Å². The summed E-state index contributed by atoms with van der Waals surface area (Å²) in [5.74, 6) is 0.920. The summed E-state index contributed by atoms with van der Waals surface area (Å²) < 4.78 is 0. The molecule has 0 aliphatic carbocycles. The molecule has 0 fully saturated rings. The fraction of sp³-hybridized carbons (Fsp3) is 0.462. The van der Waals surface area contributed by atoms with Gasteiger partial charge >= 0.3 is 0 Å². The summed E-state index contributed by atoms with van der Waals surface area (Å²) in [4.78, 5) is 11.2.